The summed E-state index contributed by atoms with van der Waals surface area (Å²) >= 11 is 0. The van der Waals surface area contributed by atoms with Crippen molar-refractivity contribution in [2.75, 3.05) is 6.54 Å². The Kier molecular flexibility index (Phi) is 4.98. The molecular formula is C11H20N4O. The van der Waals surface area contributed by atoms with Crippen molar-refractivity contribution in [3.63, 3.8) is 0 Å². The molecule has 5 nitrogen and oxygen atoms in total. The molecule has 0 saturated carbocycles. The monoisotopic (exact) mass is 224 g/mol. The lowest BCUT2D eigenvalue weighted by Gasteiger charge is -2.16. The van der Waals surface area contributed by atoms with Crippen molar-refractivity contribution >= 4 is 5.91 Å². The molecule has 0 radical (unpaired) electrons. The second kappa shape index (κ2) is 6.27. The van der Waals surface area contributed by atoms with E-state index in [0.29, 0.717) is 6.54 Å². The van der Waals surface area contributed by atoms with Crippen molar-refractivity contribution in [1.82, 2.24) is 14.9 Å². The van der Waals surface area contributed by atoms with Crippen LogP contribution in [0.5, 0.6) is 0 Å². The summed E-state index contributed by atoms with van der Waals surface area (Å²) < 4.78 is 1.97. The molecule has 0 bridgehead atoms. The van der Waals surface area contributed by atoms with Gasteiger partial charge in [-0.05, 0) is 13.0 Å². The van der Waals surface area contributed by atoms with Gasteiger partial charge in [-0.1, -0.05) is 13.8 Å². The van der Waals surface area contributed by atoms with Crippen LogP contribution in [0.2, 0.25) is 0 Å². The smallest absolute Gasteiger partial charge is 0.236 e. The maximum absolute atomic E-state index is 11.3. The van der Waals surface area contributed by atoms with Crippen LogP contribution in [0.4, 0.5) is 0 Å². The van der Waals surface area contributed by atoms with Crippen LogP contribution in [0.25, 0.3) is 0 Å². The zero-order valence-electron chi connectivity index (χ0n) is 9.94. The Morgan fingerprint density at radius 2 is 2.38 bits per heavy atom. The second-order valence-electron chi connectivity index (χ2n) is 3.76. The van der Waals surface area contributed by atoms with E-state index in [1.807, 2.05) is 17.7 Å². The number of rotatable bonds is 7. The number of amides is 1. The summed E-state index contributed by atoms with van der Waals surface area (Å²) in [6.07, 6.45) is 5.46. The lowest BCUT2D eigenvalue weighted by molar-refractivity contribution is -0.120. The number of hydrogen-bond donors (Lipinski definition) is 2. The van der Waals surface area contributed by atoms with Gasteiger partial charge in [-0.15, -0.1) is 0 Å². The van der Waals surface area contributed by atoms with Gasteiger partial charge >= 0.3 is 0 Å². The minimum atomic E-state index is -0.320. The highest BCUT2D eigenvalue weighted by Gasteiger charge is 2.15. The number of imidazole rings is 1. The number of carbonyl (C=O) groups excluding carboxylic acids is 1. The molecule has 0 aliphatic heterocycles. The molecule has 1 heterocycles. The maximum atomic E-state index is 11.3. The lowest BCUT2D eigenvalue weighted by Crippen LogP contribution is -2.44. The first kappa shape index (κ1) is 12.7. The Morgan fingerprint density at radius 3 is 2.94 bits per heavy atom. The summed E-state index contributed by atoms with van der Waals surface area (Å²) in [6.45, 7) is 5.44. The highest BCUT2D eigenvalue weighted by molar-refractivity contribution is 5.79. The molecule has 1 aromatic heterocycles. The molecule has 1 amide bonds. The van der Waals surface area contributed by atoms with Crippen LogP contribution in [0, 0.1) is 0 Å². The molecule has 5 heteroatoms. The van der Waals surface area contributed by atoms with Gasteiger partial charge in [0.1, 0.15) is 11.9 Å². The Hall–Kier alpha value is -1.36. The third-order valence-corrected chi connectivity index (χ3v) is 2.48. The summed E-state index contributed by atoms with van der Waals surface area (Å²) in [4.78, 5) is 15.5. The van der Waals surface area contributed by atoms with E-state index in [1.165, 1.54) is 0 Å². The molecule has 0 spiro atoms. The van der Waals surface area contributed by atoms with Crippen LogP contribution in [0.1, 0.15) is 26.1 Å². The highest BCUT2D eigenvalue weighted by atomic mass is 16.1. The molecule has 0 saturated heterocycles. The van der Waals surface area contributed by atoms with Crippen molar-refractivity contribution in [2.45, 2.75) is 39.3 Å². The van der Waals surface area contributed by atoms with Crippen molar-refractivity contribution in [1.29, 1.82) is 0 Å². The van der Waals surface area contributed by atoms with Gasteiger partial charge < -0.3 is 15.6 Å². The zero-order chi connectivity index (χ0) is 12.0. The average Bonchev–Trinajstić information content (AvgIpc) is 2.70. The van der Waals surface area contributed by atoms with E-state index < -0.39 is 0 Å². The van der Waals surface area contributed by atoms with Crippen LogP contribution >= 0.6 is 0 Å². The molecule has 0 aliphatic rings. The van der Waals surface area contributed by atoms with E-state index in [0.717, 1.165) is 25.2 Å². The number of aromatic nitrogens is 2. The molecule has 1 atom stereocenters. The minimum absolute atomic E-state index is 0.316. The van der Waals surface area contributed by atoms with Crippen LogP contribution in [0.15, 0.2) is 12.4 Å². The molecule has 1 aromatic rings. The van der Waals surface area contributed by atoms with E-state index in [2.05, 4.69) is 17.2 Å². The number of carbonyl (C=O) groups is 1. The molecule has 1 rings (SSSR count). The summed E-state index contributed by atoms with van der Waals surface area (Å²) in [7, 11) is 0. The van der Waals surface area contributed by atoms with Crippen LogP contribution < -0.4 is 11.1 Å². The fraction of sp³-hybridized carbons (Fsp3) is 0.636. The Balaban J connectivity index is 2.64. The van der Waals surface area contributed by atoms with Crippen molar-refractivity contribution < 1.29 is 4.79 Å². The minimum Gasteiger partial charge on any atom is -0.368 e. The topological polar surface area (TPSA) is 72.9 Å². The van der Waals surface area contributed by atoms with E-state index in [4.69, 9.17) is 5.73 Å². The van der Waals surface area contributed by atoms with E-state index in [-0.39, 0.29) is 11.9 Å². The normalized spacial score (nSPS) is 12.6. The number of nitrogens with one attached hydrogen (secondary N) is 1. The quantitative estimate of drug-likeness (QED) is 0.699. The van der Waals surface area contributed by atoms with E-state index >= 15 is 0 Å². The predicted octanol–water partition coefficient (Wildman–Crippen LogP) is 0.299. The molecule has 0 aliphatic carbocycles. The van der Waals surface area contributed by atoms with Gasteiger partial charge in [0.2, 0.25) is 5.91 Å². The SMILES string of the molecule is CCCNC(Cn1ccnc1CC)C(N)=O. The molecule has 90 valence electrons. The molecule has 1 unspecified atom stereocenters. The number of aryl methyl sites for hydroxylation is 1. The fourth-order valence-electron chi connectivity index (χ4n) is 1.59. The molecule has 0 fully saturated rings. The van der Waals surface area contributed by atoms with Gasteiger partial charge in [0, 0.05) is 25.4 Å². The Labute approximate surface area is 96.0 Å². The van der Waals surface area contributed by atoms with Crippen LogP contribution in [-0.2, 0) is 17.8 Å². The maximum Gasteiger partial charge on any atom is 0.236 e. The van der Waals surface area contributed by atoms with Gasteiger partial charge in [0.15, 0.2) is 0 Å². The number of primary amides is 1. The summed E-state index contributed by atoms with van der Waals surface area (Å²) in [5, 5.41) is 3.14. The fourth-order valence-corrected chi connectivity index (χ4v) is 1.59. The molecule has 3 N–H and O–H groups in total. The third-order valence-electron chi connectivity index (χ3n) is 2.48. The average molecular weight is 224 g/mol. The standard InChI is InChI=1S/C11H20N4O/c1-3-5-13-9(11(12)16)8-15-7-6-14-10(15)4-2/h6-7,9,13H,3-5,8H2,1-2H3,(H2,12,16). The van der Waals surface area contributed by atoms with Crippen LogP contribution in [-0.4, -0.2) is 28.0 Å². The highest BCUT2D eigenvalue weighted by Crippen LogP contribution is 2.00. The number of nitrogens with two attached hydrogens (primary N) is 1. The van der Waals surface area contributed by atoms with Gasteiger partial charge in [0.25, 0.3) is 0 Å². The first-order valence-electron chi connectivity index (χ1n) is 5.71. The number of hydrogen-bond acceptors (Lipinski definition) is 3. The van der Waals surface area contributed by atoms with Crippen LogP contribution in [0.3, 0.4) is 0 Å². The van der Waals surface area contributed by atoms with Gasteiger partial charge in [-0.3, -0.25) is 4.79 Å². The van der Waals surface area contributed by atoms with E-state index in [9.17, 15) is 4.79 Å². The van der Waals surface area contributed by atoms with Crippen molar-refractivity contribution in [3.05, 3.63) is 18.2 Å². The first-order chi connectivity index (χ1) is 7.69. The summed E-state index contributed by atoms with van der Waals surface area (Å²) in [5.41, 5.74) is 5.35. The summed E-state index contributed by atoms with van der Waals surface area (Å²) in [6, 6.07) is -0.320. The zero-order valence-corrected chi connectivity index (χ0v) is 9.94. The van der Waals surface area contributed by atoms with E-state index in [1.54, 1.807) is 6.20 Å². The molecular weight excluding hydrogens is 204 g/mol. The third kappa shape index (κ3) is 3.34. The Morgan fingerprint density at radius 1 is 1.62 bits per heavy atom. The Bertz CT molecular complexity index is 334. The van der Waals surface area contributed by atoms with Crippen molar-refractivity contribution in [3.8, 4) is 0 Å². The largest absolute Gasteiger partial charge is 0.368 e. The van der Waals surface area contributed by atoms with Gasteiger partial charge in [0.05, 0.1) is 0 Å². The molecule has 16 heavy (non-hydrogen) atoms. The second-order valence-corrected chi connectivity index (χ2v) is 3.76. The summed E-state index contributed by atoms with van der Waals surface area (Å²) in [5.74, 6) is 0.661. The van der Waals surface area contributed by atoms with Crippen molar-refractivity contribution in [2.24, 2.45) is 5.73 Å². The van der Waals surface area contributed by atoms with Gasteiger partial charge in [-0.25, -0.2) is 4.98 Å². The first-order valence-corrected chi connectivity index (χ1v) is 5.71. The lowest BCUT2D eigenvalue weighted by atomic mass is 10.2. The van der Waals surface area contributed by atoms with Gasteiger partial charge in [-0.2, -0.15) is 0 Å². The molecule has 0 aromatic carbocycles. The predicted molar refractivity (Wildman–Crippen MR) is 62.9 cm³/mol. The number of nitrogens with zero attached hydrogens (tertiary/aromatic N) is 2.